The first-order chi connectivity index (χ1) is 23.5. The number of benzene rings is 2. The topological polar surface area (TPSA) is 131 Å². The number of methoxy groups -OCH3 is 3. The molecule has 258 valence electrons. The lowest BCUT2D eigenvalue weighted by Crippen LogP contribution is -2.45. The van der Waals surface area contributed by atoms with E-state index in [9.17, 15) is 18.8 Å². The molecule has 4 N–H and O–H groups in total. The molecule has 10 nitrogen and oxygen atoms in total. The van der Waals surface area contributed by atoms with Gasteiger partial charge in [-0.3, -0.25) is 14.4 Å². The van der Waals surface area contributed by atoms with E-state index in [1.165, 1.54) is 32.2 Å². The van der Waals surface area contributed by atoms with E-state index >= 15 is 0 Å². The second kappa shape index (κ2) is 13.8. The number of aryl methyl sites for hydroxylation is 2. The summed E-state index contributed by atoms with van der Waals surface area (Å²) in [5.41, 5.74) is 5.67. The minimum absolute atomic E-state index is 0.174. The maximum atomic E-state index is 14.1. The lowest BCUT2D eigenvalue weighted by atomic mass is 9.91. The van der Waals surface area contributed by atoms with Crippen LogP contribution in [0.3, 0.4) is 0 Å². The van der Waals surface area contributed by atoms with Gasteiger partial charge in [0.15, 0.2) is 11.5 Å². The summed E-state index contributed by atoms with van der Waals surface area (Å²) in [5, 5.41) is 10.3. The quantitative estimate of drug-likeness (QED) is 0.169. The Morgan fingerprint density at radius 2 is 1.69 bits per heavy atom. The van der Waals surface area contributed by atoms with Gasteiger partial charge >= 0.3 is 0 Å². The van der Waals surface area contributed by atoms with Crippen LogP contribution >= 0.6 is 0 Å². The third-order valence-corrected chi connectivity index (χ3v) is 9.66. The fraction of sp³-hybridized carbons (Fsp3) is 0.395. The average Bonchev–Trinajstić information content (AvgIpc) is 3.28. The summed E-state index contributed by atoms with van der Waals surface area (Å²) in [5.74, 6) is 0.458. The van der Waals surface area contributed by atoms with Crippen LogP contribution < -0.4 is 35.6 Å². The van der Waals surface area contributed by atoms with Gasteiger partial charge < -0.3 is 35.1 Å². The molecule has 0 fully saturated rings. The first-order valence-electron chi connectivity index (χ1n) is 16.7. The smallest absolute Gasteiger partial charge is 0.243 e. The van der Waals surface area contributed by atoms with E-state index in [1.54, 1.807) is 26.4 Å². The predicted octanol–water partition coefficient (Wildman–Crippen LogP) is 6.11. The number of carbonyl (C=O) groups excluding carboxylic acids is 2. The van der Waals surface area contributed by atoms with Crippen molar-refractivity contribution in [3.05, 3.63) is 80.9 Å². The molecule has 3 atom stereocenters. The van der Waals surface area contributed by atoms with Crippen molar-refractivity contribution in [3.63, 3.8) is 0 Å². The molecule has 0 spiro atoms. The highest BCUT2D eigenvalue weighted by Gasteiger charge is 2.32. The zero-order valence-corrected chi connectivity index (χ0v) is 28.7. The van der Waals surface area contributed by atoms with E-state index in [4.69, 9.17) is 14.2 Å². The zero-order valence-electron chi connectivity index (χ0n) is 28.7. The number of H-pyrrole nitrogens is 1. The molecule has 6 rings (SSSR count). The predicted molar refractivity (Wildman–Crippen MR) is 187 cm³/mol. The van der Waals surface area contributed by atoms with Crippen LogP contribution in [0, 0.1) is 11.7 Å². The number of carbonyl (C=O) groups is 2. The lowest BCUT2D eigenvalue weighted by molar-refractivity contribution is -0.123. The van der Waals surface area contributed by atoms with Crippen molar-refractivity contribution < 1.29 is 28.2 Å². The Labute approximate surface area is 284 Å². The molecule has 1 unspecified atom stereocenters. The Bertz CT molecular complexity index is 1990. The summed E-state index contributed by atoms with van der Waals surface area (Å²) in [6, 6.07) is 10.2. The van der Waals surface area contributed by atoms with Crippen molar-refractivity contribution in [1.29, 1.82) is 0 Å². The summed E-state index contributed by atoms with van der Waals surface area (Å²) >= 11 is 0. The van der Waals surface area contributed by atoms with Gasteiger partial charge in [0.05, 0.1) is 39.1 Å². The number of rotatable bonds is 9. The van der Waals surface area contributed by atoms with Crippen LogP contribution in [0.4, 0.5) is 10.1 Å². The highest BCUT2D eigenvalue weighted by Crippen LogP contribution is 2.50. The Morgan fingerprint density at radius 3 is 2.39 bits per heavy atom. The number of hydrogen-bond donors (Lipinski definition) is 4. The van der Waals surface area contributed by atoms with Crippen LogP contribution in [-0.4, -0.2) is 44.2 Å². The van der Waals surface area contributed by atoms with Crippen LogP contribution in [0.25, 0.3) is 22.0 Å². The van der Waals surface area contributed by atoms with Crippen molar-refractivity contribution in [2.45, 2.75) is 71.0 Å². The van der Waals surface area contributed by atoms with Gasteiger partial charge in [0.1, 0.15) is 11.9 Å². The molecule has 0 radical (unpaired) electrons. The number of halogens is 1. The van der Waals surface area contributed by atoms with Crippen molar-refractivity contribution in [2.24, 2.45) is 5.92 Å². The van der Waals surface area contributed by atoms with Gasteiger partial charge in [-0.1, -0.05) is 19.9 Å². The third kappa shape index (κ3) is 6.41. The second-order valence-corrected chi connectivity index (χ2v) is 13.1. The molecule has 2 amide bonds. The molecule has 2 aliphatic rings. The summed E-state index contributed by atoms with van der Waals surface area (Å²) < 4.78 is 31.3. The van der Waals surface area contributed by atoms with E-state index in [0.29, 0.717) is 41.2 Å². The molecular formula is C38H43FN4O6. The Balaban J connectivity index is 1.38. The van der Waals surface area contributed by atoms with Crippen LogP contribution in [0.5, 0.6) is 17.2 Å². The van der Waals surface area contributed by atoms with Gasteiger partial charge in [-0.2, -0.15) is 0 Å². The largest absolute Gasteiger partial charge is 0.493 e. The number of hydrogen-bond acceptors (Lipinski definition) is 7. The number of amides is 2. The minimum atomic E-state index is -0.737. The number of anilines is 1. The molecule has 1 aromatic heterocycles. The molecule has 49 heavy (non-hydrogen) atoms. The number of fused-ring (bicyclic) bond motifs is 6. The maximum absolute atomic E-state index is 14.1. The van der Waals surface area contributed by atoms with Crippen molar-refractivity contribution >= 4 is 28.4 Å². The first kappa shape index (κ1) is 33.8. The second-order valence-electron chi connectivity index (χ2n) is 13.1. The molecule has 0 saturated heterocycles. The van der Waals surface area contributed by atoms with E-state index in [2.05, 4.69) is 20.9 Å². The molecule has 1 heterocycles. The van der Waals surface area contributed by atoms with Gasteiger partial charge in [0.2, 0.25) is 23.0 Å². The zero-order chi connectivity index (χ0) is 35.0. The minimum Gasteiger partial charge on any atom is -0.493 e. The van der Waals surface area contributed by atoms with E-state index in [0.717, 1.165) is 52.5 Å². The molecule has 11 heteroatoms. The third-order valence-electron chi connectivity index (χ3n) is 9.66. The molecule has 2 aliphatic carbocycles. The van der Waals surface area contributed by atoms with Crippen molar-refractivity contribution in [3.8, 4) is 28.4 Å². The fourth-order valence-electron chi connectivity index (χ4n) is 7.37. The fourth-order valence-corrected chi connectivity index (χ4v) is 7.37. The summed E-state index contributed by atoms with van der Waals surface area (Å²) in [7, 11) is 4.65. The summed E-state index contributed by atoms with van der Waals surface area (Å²) in [6.07, 6.45) is 3.50. The first-order valence-corrected chi connectivity index (χ1v) is 16.7. The molecule has 0 saturated carbocycles. The van der Waals surface area contributed by atoms with Gasteiger partial charge in [-0.15, -0.1) is 0 Å². The Morgan fingerprint density at radius 1 is 0.918 bits per heavy atom. The van der Waals surface area contributed by atoms with E-state index < -0.39 is 12.1 Å². The molecule has 0 bridgehead atoms. The molecule has 3 aromatic carbocycles. The van der Waals surface area contributed by atoms with Crippen molar-refractivity contribution in [2.75, 3.05) is 26.6 Å². The normalized spacial score (nSPS) is 17.2. The van der Waals surface area contributed by atoms with Crippen LogP contribution in [0.15, 0.2) is 47.3 Å². The van der Waals surface area contributed by atoms with Crippen molar-refractivity contribution in [1.82, 2.24) is 15.6 Å². The standard InChI is InChI=1S/C38H43FN4O6/c1-19(2)34(38(46)43-30-9-7-8-24-25-17-22(39)11-14-28(25)41-35(24)30)42-29-15-12-23-26(18-31(29)45)27(40-20(3)44)13-10-21-16-32(47-4)36(48-5)37(49-6)33(21)23/h11-12,14-19,27,30,34,41H,7-10,13H2,1-6H3,(H,40,44)(H,42,45)(H,43,46)/t27-,30?,34-/m0/s1. The van der Waals surface area contributed by atoms with Gasteiger partial charge in [-0.25, -0.2) is 4.39 Å². The van der Waals surface area contributed by atoms with E-state index in [1.807, 2.05) is 26.0 Å². The van der Waals surface area contributed by atoms with Crippen LogP contribution in [0.1, 0.15) is 74.5 Å². The lowest BCUT2D eigenvalue weighted by Gasteiger charge is -2.28. The monoisotopic (exact) mass is 670 g/mol. The van der Waals surface area contributed by atoms with Crippen LogP contribution in [0.2, 0.25) is 0 Å². The summed E-state index contributed by atoms with van der Waals surface area (Å²) in [4.78, 5) is 43.6. The molecule has 0 aliphatic heterocycles. The highest BCUT2D eigenvalue weighted by molar-refractivity contribution is 5.88. The number of ether oxygens (including phenoxy) is 3. The Hall–Kier alpha value is -5.06. The maximum Gasteiger partial charge on any atom is 0.243 e. The van der Waals surface area contributed by atoms with Gasteiger partial charge in [0.25, 0.3) is 0 Å². The Kier molecular flexibility index (Phi) is 9.54. The van der Waals surface area contributed by atoms with Gasteiger partial charge in [-0.05, 0) is 96.7 Å². The number of aromatic nitrogens is 1. The SMILES string of the molecule is COc1cc2c(c(OC)c1OC)-c1ccc(N[C@H](C(=O)NC3CCCc4c3[nH]c3ccc(F)cc43)C(C)C)c(=O)cc1[C@@H](NC(C)=O)CC2. The van der Waals surface area contributed by atoms with Gasteiger partial charge in [0, 0.05) is 29.1 Å². The van der Waals surface area contributed by atoms with Crippen LogP contribution in [-0.2, 0) is 22.4 Å². The average molecular weight is 671 g/mol. The molecular weight excluding hydrogens is 627 g/mol. The number of aromatic amines is 1. The van der Waals surface area contributed by atoms with E-state index in [-0.39, 0.29) is 40.7 Å². The molecule has 4 aromatic rings. The summed E-state index contributed by atoms with van der Waals surface area (Å²) in [6.45, 7) is 5.30. The number of nitrogens with one attached hydrogen (secondary N) is 4. The highest BCUT2D eigenvalue weighted by atomic mass is 19.1.